The van der Waals surface area contributed by atoms with E-state index in [9.17, 15) is 0 Å². The summed E-state index contributed by atoms with van der Waals surface area (Å²) in [5, 5.41) is 7.45. The van der Waals surface area contributed by atoms with E-state index in [2.05, 4.69) is 29.5 Å². The van der Waals surface area contributed by atoms with Crippen molar-refractivity contribution in [2.24, 2.45) is 0 Å². The lowest BCUT2D eigenvalue weighted by Gasteiger charge is -2.04. The highest BCUT2D eigenvalue weighted by molar-refractivity contribution is 5.05. The summed E-state index contributed by atoms with van der Waals surface area (Å²) in [6, 6.07) is 0.115. The molecule has 0 radical (unpaired) electrons. The van der Waals surface area contributed by atoms with Crippen LogP contribution in [0.15, 0.2) is 12.4 Å². The number of hydrogen-bond acceptors (Lipinski definition) is 2. The van der Waals surface area contributed by atoms with Crippen LogP contribution in [-0.4, -0.2) is 15.8 Å². The minimum atomic E-state index is 0.115. The van der Waals surface area contributed by atoms with Crippen LogP contribution >= 0.6 is 0 Å². The first kappa shape index (κ1) is 10.8. The topological polar surface area (TPSA) is 29.9 Å². The van der Waals surface area contributed by atoms with Gasteiger partial charge >= 0.3 is 0 Å². The van der Waals surface area contributed by atoms with Crippen molar-refractivity contribution in [3.63, 3.8) is 0 Å². The van der Waals surface area contributed by atoms with Crippen molar-refractivity contribution in [1.29, 1.82) is 0 Å². The SMILES string of the molecule is C#CC(C)NCc1cnn(CCC)c1. The van der Waals surface area contributed by atoms with Crippen molar-refractivity contribution >= 4 is 0 Å². The Kier molecular flexibility index (Phi) is 4.21. The predicted octanol–water partition coefficient (Wildman–Crippen LogP) is 1.40. The Hall–Kier alpha value is -1.27. The summed E-state index contributed by atoms with van der Waals surface area (Å²) < 4.78 is 1.96. The summed E-state index contributed by atoms with van der Waals surface area (Å²) in [6.07, 6.45) is 10.3. The summed E-state index contributed by atoms with van der Waals surface area (Å²) in [7, 11) is 0. The van der Waals surface area contributed by atoms with Gasteiger partial charge in [-0.25, -0.2) is 0 Å². The monoisotopic (exact) mass is 191 g/mol. The van der Waals surface area contributed by atoms with Gasteiger partial charge in [-0.2, -0.15) is 5.10 Å². The number of rotatable bonds is 5. The maximum Gasteiger partial charge on any atom is 0.0660 e. The molecule has 0 saturated heterocycles. The van der Waals surface area contributed by atoms with Gasteiger partial charge in [0.15, 0.2) is 0 Å². The van der Waals surface area contributed by atoms with Crippen molar-refractivity contribution in [2.75, 3.05) is 0 Å². The third-order valence-electron chi connectivity index (χ3n) is 2.00. The molecule has 1 heterocycles. The second-order valence-electron chi connectivity index (χ2n) is 3.38. The minimum absolute atomic E-state index is 0.115. The van der Waals surface area contributed by atoms with Crippen LogP contribution in [0, 0.1) is 12.3 Å². The second kappa shape index (κ2) is 5.46. The standard InChI is InChI=1S/C11H17N3/c1-4-6-14-9-11(8-13-14)7-12-10(3)5-2/h2,8-10,12H,4,6-7H2,1,3H3. The van der Waals surface area contributed by atoms with Crippen LogP contribution in [0.4, 0.5) is 0 Å². The number of terminal acetylenes is 1. The normalized spacial score (nSPS) is 12.4. The number of aryl methyl sites for hydroxylation is 1. The number of hydrogen-bond donors (Lipinski definition) is 1. The van der Waals surface area contributed by atoms with Crippen molar-refractivity contribution in [1.82, 2.24) is 15.1 Å². The zero-order valence-corrected chi connectivity index (χ0v) is 8.83. The summed E-state index contributed by atoms with van der Waals surface area (Å²) in [4.78, 5) is 0. The third kappa shape index (κ3) is 3.23. The second-order valence-corrected chi connectivity index (χ2v) is 3.38. The molecule has 0 fully saturated rings. The molecule has 1 rings (SSSR count). The molecule has 3 heteroatoms. The van der Waals surface area contributed by atoms with Crippen molar-refractivity contribution in [3.05, 3.63) is 18.0 Å². The van der Waals surface area contributed by atoms with Crippen LogP contribution in [0.25, 0.3) is 0 Å². The highest BCUT2D eigenvalue weighted by Gasteiger charge is 1.99. The summed E-state index contributed by atoms with van der Waals surface area (Å²) in [5.74, 6) is 2.63. The predicted molar refractivity (Wildman–Crippen MR) is 57.7 cm³/mol. The van der Waals surface area contributed by atoms with Crippen LogP contribution in [-0.2, 0) is 13.1 Å². The lowest BCUT2D eigenvalue weighted by molar-refractivity contribution is 0.600. The van der Waals surface area contributed by atoms with Crippen LogP contribution in [0.5, 0.6) is 0 Å². The van der Waals surface area contributed by atoms with E-state index in [1.54, 1.807) is 0 Å². The molecular weight excluding hydrogens is 174 g/mol. The first-order chi connectivity index (χ1) is 6.76. The first-order valence-corrected chi connectivity index (χ1v) is 4.97. The molecule has 0 aliphatic heterocycles. The van der Waals surface area contributed by atoms with Crippen LogP contribution in [0.1, 0.15) is 25.8 Å². The molecule has 14 heavy (non-hydrogen) atoms. The molecule has 0 aromatic carbocycles. The van der Waals surface area contributed by atoms with E-state index in [-0.39, 0.29) is 6.04 Å². The van der Waals surface area contributed by atoms with Crippen molar-refractivity contribution in [3.8, 4) is 12.3 Å². The molecule has 0 aliphatic carbocycles. The maximum absolute atomic E-state index is 5.26. The largest absolute Gasteiger partial charge is 0.300 e. The van der Waals surface area contributed by atoms with E-state index in [1.807, 2.05) is 17.8 Å². The zero-order valence-electron chi connectivity index (χ0n) is 8.83. The quantitative estimate of drug-likeness (QED) is 0.713. The van der Waals surface area contributed by atoms with Crippen molar-refractivity contribution < 1.29 is 0 Å². The molecule has 0 amide bonds. The molecular formula is C11H17N3. The van der Waals surface area contributed by atoms with Crippen LogP contribution < -0.4 is 5.32 Å². The van der Waals surface area contributed by atoms with Crippen LogP contribution in [0.3, 0.4) is 0 Å². The number of nitrogens with zero attached hydrogens (tertiary/aromatic N) is 2. The van der Waals surface area contributed by atoms with E-state index in [4.69, 9.17) is 6.42 Å². The molecule has 0 saturated carbocycles. The summed E-state index contributed by atoms with van der Waals surface area (Å²) >= 11 is 0. The minimum Gasteiger partial charge on any atom is -0.300 e. The van der Waals surface area contributed by atoms with Gasteiger partial charge in [0.25, 0.3) is 0 Å². The van der Waals surface area contributed by atoms with Gasteiger partial charge in [0.1, 0.15) is 0 Å². The van der Waals surface area contributed by atoms with Gasteiger partial charge in [0, 0.05) is 24.8 Å². The smallest absolute Gasteiger partial charge is 0.0660 e. The van der Waals surface area contributed by atoms with Crippen molar-refractivity contribution in [2.45, 2.75) is 39.4 Å². The Bertz CT molecular complexity index is 309. The van der Waals surface area contributed by atoms with E-state index in [0.29, 0.717) is 0 Å². The van der Waals surface area contributed by atoms with Gasteiger partial charge in [0.2, 0.25) is 0 Å². The molecule has 1 N–H and O–H groups in total. The molecule has 76 valence electrons. The van der Waals surface area contributed by atoms with Gasteiger partial charge in [-0.1, -0.05) is 12.8 Å². The number of aromatic nitrogens is 2. The highest BCUT2D eigenvalue weighted by atomic mass is 15.3. The Morgan fingerprint density at radius 3 is 3.14 bits per heavy atom. The Morgan fingerprint density at radius 1 is 1.71 bits per heavy atom. The molecule has 0 aliphatic rings. The average molecular weight is 191 g/mol. The fourth-order valence-corrected chi connectivity index (χ4v) is 1.18. The molecule has 1 atom stereocenters. The summed E-state index contributed by atoms with van der Waals surface area (Å²) in [6.45, 7) is 5.87. The molecule has 0 bridgehead atoms. The average Bonchev–Trinajstić information content (AvgIpc) is 2.63. The molecule has 3 nitrogen and oxygen atoms in total. The van der Waals surface area contributed by atoms with E-state index < -0.39 is 0 Å². The van der Waals surface area contributed by atoms with Gasteiger partial charge in [0.05, 0.1) is 12.2 Å². The summed E-state index contributed by atoms with van der Waals surface area (Å²) in [5.41, 5.74) is 1.18. The highest BCUT2D eigenvalue weighted by Crippen LogP contribution is 1.98. The molecule has 1 unspecified atom stereocenters. The van der Waals surface area contributed by atoms with Gasteiger partial charge in [-0.15, -0.1) is 6.42 Å². The molecule has 1 aromatic heterocycles. The Balaban J connectivity index is 2.40. The first-order valence-electron chi connectivity index (χ1n) is 4.97. The van der Waals surface area contributed by atoms with E-state index in [0.717, 1.165) is 19.5 Å². The third-order valence-corrected chi connectivity index (χ3v) is 2.00. The van der Waals surface area contributed by atoms with Gasteiger partial charge in [-0.05, 0) is 13.3 Å². The Morgan fingerprint density at radius 2 is 2.50 bits per heavy atom. The van der Waals surface area contributed by atoms with Gasteiger partial charge < -0.3 is 0 Å². The molecule has 1 aromatic rings. The zero-order chi connectivity index (χ0) is 10.4. The number of nitrogens with one attached hydrogen (secondary N) is 1. The van der Waals surface area contributed by atoms with Gasteiger partial charge in [-0.3, -0.25) is 10.00 Å². The lowest BCUT2D eigenvalue weighted by atomic mass is 10.3. The fraction of sp³-hybridized carbons (Fsp3) is 0.545. The lowest BCUT2D eigenvalue weighted by Crippen LogP contribution is -2.23. The van der Waals surface area contributed by atoms with Crippen LogP contribution in [0.2, 0.25) is 0 Å². The van der Waals surface area contributed by atoms with E-state index in [1.165, 1.54) is 5.56 Å². The maximum atomic E-state index is 5.26. The van der Waals surface area contributed by atoms with E-state index >= 15 is 0 Å². The molecule has 0 spiro atoms. The Labute approximate surface area is 85.5 Å². The fourth-order valence-electron chi connectivity index (χ4n) is 1.18.